The second-order valence-electron chi connectivity index (χ2n) is 4.23. The minimum Gasteiger partial charge on any atom is -0.339 e. The quantitative estimate of drug-likeness (QED) is 0.774. The highest BCUT2D eigenvalue weighted by atomic mass is 16.2. The average molecular weight is 228 g/mol. The highest BCUT2D eigenvalue weighted by molar-refractivity contribution is 5.94. The Hall–Kier alpha value is -1.79. The lowest BCUT2D eigenvalue weighted by Crippen LogP contribution is -2.28. The third-order valence-corrected chi connectivity index (χ3v) is 2.86. The smallest absolute Gasteiger partial charge is 0.253 e. The first-order chi connectivity index (χ1) is 8.22. The molecule has 1 saturated carbocycles. The fraction of sp³-hybridized carbons (Fsp3) is 0.357. The van der Waals surface area contributed by atoms with Crippen molar-refractivity contribution in [2.75, 3.05) is 13.6 Å². The fourth-order valence-electron chi connectivity index (χ4n) is 1.71. The Balaban J connectivity index is 2.17. The molecule has 0 saturated heterocycles. The van der Waals surface area contributed by atoms with E-state index in [2.05, 4.69) is 11.8 Å². The van der Waals surface area contributed by atoms with Crippen LogP contribution in [-0.4, -0.2) is 30.4 Å². The molecule has 0 spiro atoms. The van der Waals surface area contributed by atoms with Crippen LogP contribution < -0.4 is 5.73 Å². The van der Waals surface area contributed by atoms with Gasteiger partial charge in [-0.1, -0.05) is 17.9 Å². The van der Waals surface area contributed by atoms with Gasteiger partial charge in [-0.3, -0.25) is 4.79 Å². The first kappa shape index (κ1) is 11.7. The van der Waals surface area contributed by atoms with Crippen LogP contribution in [0, 0.1) is 11.8 Å². The first-order valence-electron chi connectivity index (χ1n) is 5.78. The number of hydrogen-bond donors (Lipinski definition) is 1. The maximum absolute atomic E-state index is 12.1. The monoisotopic (exact) mass is 228 g/mol. The second kappa shape index (κ2) is 5.03. The van der Waals surface area contributed by atoms with E-state index < -0.39 is 0 Å². The summed E-state index contributed by atoms with van der Waals surface area (Å²) in [5.74, 6) is 5.80. The number of rotatable bonds is 2. The van der Waals surface area contributed by atoms with Crippen LogP contribution in [0.5, 0.6) is 0 Å². The van der Waals surface area contributed by atoms with Crippen LogP contribution in [0.2, 0.25) is 0 Å². The number of carbonyl (C=O) groups excluding carboxylic acids is 1. The van der Waals surface area contributed by atoms with Crippen molar-refractivity contribution in [3.05, 3.63) is 35.4 Å². The molecule has 2 rings (SSSR count). The van der Waals surface area contributed by atoms with Gasteiger partial charge in [0.15, 0.2) is 0 Å². The third-order valence-electron chi connectivity index (χ3n) is 2.86. The van der Waals surface area contributed by atoms with Crippen LogP contribution >= 0.6 is 0 Å². The molecule has 1 amide bonds. The Morgan fingerprint density at radius 2 is 2.29 bits per heavy atom. The zero-order valence-corrected chi connectivity index (χ0v) is 9.94. The van der Waals surface area contributed by atoms with Crippen molar-refractivity contribution in [1.82, 2.24) is 4.90 Å². The Bertz CT molecular complexity index is 480. The van der Waals surface area contributed by atoms with E-state index in [0.717, 1.165) is 18.4 Å². The van der Waals surface area contributed by atoms with Crippen molar-refractivity contribution in [3.63, 3.8) is 0 Å². The third kappa shape index (κ3) is 2.86. The van der Waals surface area contributed by atoms with E-state index in [1.807, 2.05) is 36.2 Å². The standard InChI is InChI=1S/C14H16N2O/c1-16(13-7-8-13)14(17)12-6-2-4-11(10-12)5-3-9-15/h2,4,6,10,13H,7-9,15H2,1H3. The molecule has 88 valence electrons. The molecule has 1 aromatic carbocycles. The second-order valence-corrected chi connectivity index (χ2v) is 4.23. The maximum atomic E-state index is 12.1. The van der Waals surface area contributed by atoms with Crippen molar-refractivity contribution in [3.8, 4) is 11.8 Å². The molecule has 1 aromatic rings. The van der Waals surface area contributed by atoms with Gasteiger partial charge < -0.3 is 10.6 Å². The zero-order valence-electron chi connectivity index (χ0n) is 9.94. The van der Waals surface area contributed by atoms with E-state index >= 15 is 0 Å². The predicted molar refractivity (Wildman–Crippen MR) is 67.5 cm³/mol. The first-order valence-corrected chi connectivity index (χ1v) is 5.78. The van der Waals surface area contributed by atoms with Crippen LogP contribution in [0.25, 0.3) is 0 Å². The predicted octanol–water partition coefficient (Wildman–Crippen LogP) is 1.23. The molecule has 1 aliphatic carbocycles. The molecule has 0 aliphatic heterocycles. The van der Waals surface area contributed by atoms with Gasteiger partial charge in [0.25, 0.3) is 5.91 Å². The molecule has 17 heavy (non-hydrogen) atoms. The van der Waals surface area contributed by atoms with Gasteiger partial charge in [0.2, 0.25) is 0 Å². The summed E-state index contributed by atoms with van der Waals surface area (Å²) >= 11 is 0. The molecule has 3 heteroatoms. The lowest BCUT2D eigenvalue weighted by molar-refractivity contribution is 0.0785. The number of nitrogens with two attached hydrogens (primary N) is 1. The number of hydrogen-bond acceptors (Lipinski definition) is 2. The van der Waals surface area contributed by atoms with Crippen LogP contribution in [0.4, 0.5) is 0 Å². The minimum atomic E-state index is 0.0731. The van der Waals surface area contributed by atoms with Crippen LogP contribution in [0.15, 0.2) is 24.3 Å². The van der Waals surface area contributed by atoms with Gasteiger partial charge in [-0.25, -0.2) is 0 Å². The zero-order chi connectivity index (χ0) is 12.3. The molecule has 0 aromatic heterocycles. The summed E-state index contributed by atoms with van der Waals surface area (Å²) in [6, 6.07) is 7.82. The van der Waals surface area contributed by atoms with Crippen molar-refractivity contribution >= 4 is 5.91 Å². The topological polar surface area (TPSA) is 46.3 Å². The highest BCUT2D eigenvalue weighted by Crippen LogP contribution is 2.26. The maximum Gasteiger partial charge on any atom is 0.253 e. The number of amides is 1. The van der Waals surface area contributed by atoms with Crippen molar-refractivity contribution < 1.29 is 4.79 Å². The van der Waals surface area contributed by atoms with Crippen LogP contribution in [0.3, 0.4) is 0 Å². The van der Waals surface area contributed by atoms with Gasteiger partial charge in [0, 0.05) is 24.2 Å². The molecule has 0 heterocycles. The van der Waals surface area contributed by atoms with Gasteiger partial charge in [-0.15, -0.1) is 0 Å². The molecule has 0 bridgehead atoms. The number of benzene rings is 1. The van der Waals surface area contributed by atoms with E-state index in [4.69, 9.17) is 5.73 Å². The van der Waals surface area contributed by atoms with Crippen molar-refractivity contribution in [2.45, 2.75) is 18.9 Å². The van der Waals surface area contributed by atoms with Gasteiger partial charge >= 0.3 is 0 Å². The Labute approximate surface area is 102 Å². The molecule has 2 N–H and O–H groups in total. The van der Waals surface area contributed by atoms with E-state index in [0.29, 0.717) is 18.2 Å². The SMILES string of the molecule is CN(C(=O)c1cccc(C#CCN)c1)C1CC1. The summed E-state index contributed by atoms with van der Waals surface area (Å²) in [5, 5.41) is 0. The molecular formula is C14H16N2O. The van der Waals surface area contributed by atoms with E-state index in [-0.39, 0.29) is 5.91 Å². The lowest BCUT2D eigenvalue weighted by atomic mass is 10.1. The number of nitrogens with zero attached hydrogens (tertiary/aromatic N) is 1. The summed E-state index contributed by atoms with van der Waals surface area (Å²) < 4.78 is 0. The largest absolute Gasteiger partial charge is 0.339 e. The van der Waals surface area contributed by atoms with Gasteiger partial charge in [0.1, 0.15) is 0 Å². The van der Waals surface area contributed by atoms with Crippen molar-refractivity contribution in [1.29, 1.82) is 0 Å². The summed E-state index contributed by atoms with van der Waals surface area (Å²) in [5.41, 5.74) is 6.86. The molecule has 3 nitrogen and oxygen atoms in total. The lowest BCUT2D eigenvalue weighted by Gasteiger charge is -2.16. The number of carbonyl (C=O) groups is 1. The van der Waals surface area contributed by atoms with E-state index in [1.54, 1.807) is 0 Å². The molecule has 1 aliphatic rings. The minimum absolute atomic E-state index is 0.0731. The van der Waals surface area contributed by atoms with E-state index in [1.165, 1.54) is 0 Å². The molecular weight excluding hydrogens is 212 g/mol. The molecule has 0 atom stereocenters. The van der Waals surface area contributed by atoms with Crippen LogP contribution in [-0.2, 0) is 0 Å². The van der Waals surface area contributed by atoms with Gasteiger partial charge in [-0.2, -0.15) is 0 Å². The van der Waals surface area contributed by atoms with Crippen LogP contribution in [0.1, 0.15) is 28.8 Å². The van der Waals surface area contributed by atoms with E-state index in [9.17, 15) is 4.79 Å². The Kier molecular flexibility index (Phi) is 3.46. The average Bonchev–Trinajstić information content (AvgIpc) is 3.19. The Morgan fingerprint density at radius 1 is 1.53 bits per heavy atom. The van der Waals surface area contributed by atoms with Gasteiger partial charge in [0.05, 0.1) is 6.54 Å². The fourth-order valence-corrected chi connectivity index (χ4v) is 1.71. The molecule has 1 fully saturated rings. The van der Waals surface area contributed by atoms with Crippen molar-refractivity contribution in [2.24, 2.45) is 5.73 Å². The van der Waals surface area contributed by atoms with Gasteiger partial charge in [-0.05, 0) is 31.0 Å². The normalized spacial score (nSPS) is 13.8. The highest BCUT2D eigenvalue weighted by Gasteiger charge is 2.29. The summed E-state index contributed by atoms with van der Waals surface area (Å²) in [6.45, 7) is 0.333. The Morgan fingerprint density at radius 3 is 2.94 bits per heavy atom. The molecule has 0 unspecified atom stereocenters. The summed E-state index contributed by atoms with van der Waals surface area (Å²) in [7, 11) is 1.86. The molecule has 0 radical (unpaired) electrons. The summed E-state index contributed by atoms with van der Waals surface area (Å²) in [6.07, 6.45) is 2.24. The summed E-state index contributed by atoms with van der Waals surface area (Å²) in [4.78, 5) is 13.9.